The molecule has 0 saturated carbocycles. The average molecular weight is 259 g/mol. The first kappa shape index (κ1) is 15.4. The summed E-state index contributed by atoms with van der Waals surface area (Å²) in [5.74, 6) is -0.914. The van der Waals surface area contributed by atoms with Crippen molar-refractivity contribution < 1.29 is 19.4 Å². The Morgan fingerprint density at radius 1 is 1.50 bits per heavy atom. The number of carboxylic acid groups (broad SMARTS) is 1. The predicted molar refractivity (Wildman–Crippen MR) is 68.7 cm³/mol. The first-order valence-corrected chi connectivity index (χ1v) is 6.32. The Morgan fingerprint density at radius 3 is 2.50 bits per heavy atom. The highest BCUT2D eigenvalue weighted by atomic mass is 16.5. The quantitative estimate of drug-likeness (QED) is 0.748. The lowest BCUT2D eigenvalue weighted by Gasteiger charge is -2.51. The van der Waals surface area contributed by atoms with Gasteiger partial charge in [-0.3, -0.25) is 4.90 Å². The Morgan fingerprint density at radius 2 is 2.06 bits per heavy atom. The lowest BCUT2D eigenvalue weighted by molar-refractivity contribution is -0.171. The van der Waals surface area contributed by atoms with E-state index < -0.39 is 5.97 Å². The minimum absolute atomic E-state index is 0.132. The van der Waals surface area contributed by atoms with Gasteiger partial charge in [0.05, 0.1) is 11.2 Å². The second-order valence-electron chi connectivity index (χ2n) is 6.05. The molecule has 0 radical (unpaired) electrons. The molecule has 1 fully saturated rings. The second-order valence-corrected chi connectivity index (χ2v) is 6.05. The maximum atomic E-state index is 10.5. The molecule has 1 aliphatic heterocycles. The number of carbonyl (C=O) groups is 1. The molecule has 0 aromatic carbocycles. The van der Waals surface area contributed by atoms with Crippen molar-refractivity contribution in [3.63, 3.8) is 0 Å². The fourth-order valence-electron chi connectivity index (χ4n) is 2.38. The Labute approximate surface area is 109 Å². The van der Waals surface area contributed by atoms with Crippen molar-refractivity contribution >= 4 is 5.97 Å². The van der Waals surface area contributed by atoms with Gasteiger partial charge in [-0.1, -0.05) is 0 Å². The van der Waals surface area contributed by atoms with Gasteiger partial charge in [-0.05, 0) is 34.1 Å². The molecule has 1 rings (SSSR count). The van der Waals surface area contributed by atoms with Crippen LogP contribution in [0.2, 0.25) is 0 Å². The number of hydrogen-bond donors (Lipinski definition) is 1. The summed E-state index contributed by atoms with van der Waals surface area (Å²) in [6, 6.07) is 0.404. The number of methoxy groups -OCH3 is 1. The molecule has 5 nitrogen and oxygen atoms in total. The normalized spacial score (nSPS) is 21.4. The monoisotopic (exact) mass is 259 g/mol. The zero-order valence-electron chi connectivity index (χ0n) is 12.0. The Hall–Kier alpha value is -0.650. The number of nitrogens with zero attached hydrogens (tertiary/aromatic N) is 1. The van der Waals surface area contributed by atoms with Gasteiger partial charge in [0.25, 0.3) is 0 Å². The van der Waals surface area contributed by atoms with Crippen LogP contribution in [0.15, 0.2) is 0 Å². The van der Waals surface area contributed by atoms with Crippen LogP contribution in [-0.2, 0) is 14.3 Å². The molecule has 18 heavy (non-hydrogen) atoms. The minimum Gasteiger partial charge on any atom is -0.480 e. The third kappa shape index (κ3) is 4.23. The summed E-state index contributed by atoms with van der Waals surface area (Å²) >= 11 is 0. The fourth-order valence-corrected chi connectivity index (χ4v) is 2.38. The van der Waals surface area contributed by atoms with E-state index in [9.17, 15) is 4.79 Å². The van der Waals surface area contributed by atoms with Crippen LogP contribution in [0.5, 0.6) is 0 Å². The SMILES string of the molecule is COC(C)(C)CC(C)N1CC(C)(OCC(=O)O)C1. The molecule has 1 aliphatic rings. The lowest BCUT2D eigenvalue weighted by Crippen LogP contribution is -2.64. The molecule has 0 aromatic rings. The van der Waals surface area contributed by atoms with E-state index in [1.165, 1.54) is 0 Å². The second kappa shape index (κ2) is 5.55. The van der Waals surface area contributed by atoms with Crippen molar-refractivity contribution in [2.75, 3.05) is 26.8 Å². The van der Waals surface area contributed by atoms with Crippen molar-refractivity contribution in [2.45, 2.75) is 51.4 Å². The van der Waals surface area contributed by atoms with Gasteiger partial charge in [0.15, 0.2) is 0 Å². The number of rotatable bonds is 7. The zero-order valence-corrected chi connectivity index (χ0v) is 12.0. The molecule has 1 N–H and O–H groups in total. The van der Waals surface area contributed by atoms with E-state index in [2.05, 4.69) is 25.7 Å². The van der Waals surface area contributed by atoms with Crippen molar-refractivity contribution in [3.8, 4) is 0 Å². The molecule has 0 aromatic heterocycles. The molecule has 106 valence electrons. The average Bonchev–Trinajstić information content (AvgIpc) is 2.21. The van der Waals surface area contributed by atoms with E-state index >= 15 is 0 Å². The summed E-state index contributed by atoms with van der Waals surface area (Å²) < 4.78 is 10.8. The van der Waals surface area contributed by atoms with Crippen molar-refractivity contribution in [2.24, 2.45) is 0 Å². The van der Waals surface area contributed by atoms with E-state index in [1.807, 2.05) is 6.92 Å². The zero-order chi connectivity index (χ0) is 14.0. The molecule has 0 spiro atoms. The highest BCUT2D eigenvalue weighted by molar-refractivity contribution is 5.68. The molecule has 1 heterocycles. The summed E-state index contributed by atoms with van der Waals surface area (Å²) in [6.07, 6.45) is 0.943. The van der Waals surface area contributed by atoms with Crippen LogP contribution in [0.3, 0.4) is 0 Å². The van der Waals surface area contributed by atoms with Crippen molar-refractivity contribution in [1.29, 1.82) is 0 Å². The largest absolute Gasteiger partial charge is 0.480 e. The van der Waals surface area contributed by atoms with Gasteiger partial charge in [0.2, 0.25) is 0 Å². The number of aliphatic carboxylic acids is 1. The van der Waals surface area contributed by atoms with Crippen LogP contribution in [0.1, 0.15) is 34.1 Å². The van der Waals surface area contributed by atoms with Crippen LogP contribution in [-0.4, -0.2) is 60.0 Å². The molecule has 5 heteroatoms. The molecule has 1 saturated heterocycles. The fraction of sp³-hybridized carbons (Fsp3) is 0.923. The summed E-state index contributed by atoms with van der Waals surface area (Å²) in [7, 11) is 1.73. The first-order valence-electron chi connectivity index (χ1n) is 6.32. The smallest absolute Gasteiger partial charge is 0.329 e. The Balaban J connectivity index is 2.34. The van der Waals surface area contributed by atoms with Gasteiger partial charge in [-0.2, -0.15) is 0 Å². The van der Waals surface area contributed by atoms with Crippen LogP contribution >= 0.6 is 0 Å². The maximum Gasteiger partial charge on any atom is 0.329 e. The molecule has 1 unspecified atom stereocenters. The number of hydrogen-bond acceptors (Lipinski definition) is 4. The molecular weight excluding hydrogens is 234 g/mol. The molecule has 0 aliphatic carbocycles. The minimum atomic E-state index is -0.914. The van der Waals surface area contributed by atoms with Crippen LogP contribution in [0, 0.1) is 0 Å². The molecule has 0 amide bonds. The summed E-state index contributed by atoms with van der Waals surface area (Å²) in [4.78, 5) is 12.8. The molecular formula is C13H25NO4. The first-order chi connectivity index (χ1) is 8.17. The molecule has 0 bridgehead atoms. The maximum absolute atomic E-state index is 10.5. The van der Waals surface area contributed by atoms with Crippen molar-refractivity contribution in [1.82, 2.24) is 4.90 Å². The topological polar surface area (TPSA) is 59.0 Å². The third-order valence-electron chi connectivity index (χ3n) is 3.58. The van der Waals surface area contributed by atoms with E-state index in [4.69, 9.17) is 14.6 Å². The third-order valence-corrected chi connectivity index (χ3v) is 3.58. The van der Waals surface area contributed by atoms with E-state index in [0.29, 0.717) is 6.04 Å². The Bertz CT molecular complexity index is 297. The highest BCUT2D eigenvalue weighted by Gasteiger charge is 2.43. The van der Waals surface area contributed by atoms with Crippen molar-refractivity contribution in [3.05, 3.63) is 0 Å². The summed E-state index contributed by atoms with van der Waals surface area (Å²) in [5.41, 5.74) is -0.447. The van der Waals surface area contributed by atoms with E-state index in [1.54, 1.807) is 7.11 Å². The van der Waals surface area contributed by atoms with Crippen LogP contribution in [0.4, 0.5) is 0 Å². The van der Waals surface area contributed by atoms with Crippen LogP contribution in [0.25, 0.3) is 0 Å². The van der Waals surface area contributed by atoms with Gasteiger partial charge in [-0.25, -0.2) is 4.79 Å². The number of carboxylic acids is 1. The number of likely N-dealkylation sites (tertiary alicyclic amines) is 1. The highest BCUT2D eigenvalue weighted by Crippen LogP contribution is 2.29. The molecule has 1 atom stereocenters. The summed E-state index contributed by atoms with van der Waals surface area (Å²) in [6.45, 7) is 9.61. The Kier molecular flexibility index (Phi) is 4.75. The van der Waals surface area contributed by atoms with E-state index in [-0.39, 0.29) is 17.8 Å². The number of ether oxygens (including phenoxy) is 2. The van der Waals surface area contributed by atoms with E-state index in [0.717, 1.165) is 19.5 Å². The van der Waals surface area contributed by atoms with Gasteiger partial charge >= 0.3 is 5.97 Å². The standard InChI is InChI=1S/C13H25NO4/c1-10(6-12(2,3)17-5)14-8-13(4,9-14)18-7-11(15)16/h10H,6-9H2,1-5H3,(H,15,16). The van der Waals surface area contributed by atoms with Crippen LogP contribution < -0.4 is 0 Å². The predicted octanol–water partition coefficient (Wildman–Crippen LogP) is 1.37. The van der Waals surface area contributed by atoms with Gasteiger partial charge in [-0.15, -0.1) is 0 Å². The van der Waals surface area contributed by atoms with Gasteiger partial charge in [0.1, 0.15) is 6.61 Å². The van der Waals surface area contributed by atoms with Gasteiger partial charge < -0.3 is 14.6 Å². The summed E-state index contributed by atoms with van der Waals surface area (Å²) in [5, 5.41) is 8.60. The lowest BCUT2D eigenvalue weighted by atomic mass is 9.90. The van der Waals surface area contributed by atoms with Gasteiger partial charge in [0, 0.05) is 26.2 Å².